The van der Waals surface area contributed by atoms with E-state index in [4.69, 9.17) is 9.47 Å². The van der Waals surface area contributed by atoms with Crippen LogP contribution in [-0.4, -0.2) is 55.6 Å². The minimum Gasteiger partial charge on any atom is -0.493 e. The van der Waals surface area contributed by atoms with Crippen molar-refractivity contribution >= 4 is 5.91 Å². The largest absolute Gasteiger partial charge is 0.493 e. The van der Waals surface area contributed by atoms with Crippen molar-refractivity contribution in [2.75, 3.05) is 33.9 Å². The highest BCUT2D eigenvalue weighted by Crippen LogP contribution is 2.31. The van der Waals surface area contributed by atoms with Gasteiger partial charge in [-0.15, -0.1) is 0 Å². The number of amides is 1. The van der Waals surface area contributed by atoms with Gasteiger partial charge in [-0.2, -0.15) is 0 Å². The van der Waals surface area contributed by atoms with Crippen molar-refractivity contribution in [3.63, 3.8) is 0 Å². The molecular weight excluding hydrogens is 311 g/mol. The molecule has 2 rings (SSSR count). The quantitative estimate of drug-likeness (QED) is 0.799. The third-order valence-electron chi connectivity index (χ3n) is 4.39. The average Bonchev–Trinajstić information content (AvgIpc) is 2.55. The summed E-state index contributed by atoms with van der Waals surface area (Å²) in [6, 6.07) is 2.71. The Hall–Kier alpha value is -1.82. The lowest BCUT2D eigenvalue weighted by Crippen LogP contribution is -2.56. The van der Waals surface area contributed by atoms with Crippen LogP contribution in [0.5, 0.6) is 11.5 Å². The molecule has 0 bridgehead atoms. The summed E-state index contributed by atoms with van der Waals surface area (Å²) < 4.78 is 24.7. The molecule has 1 atom stereocenters. The molecule has 0 N–H and O–H groups in total. The average molecular weight is 338 g/mol. The molecule has 1 aliphatic rings. The lowest BCUT2D eigenvalue weighted by atomic mass is 10.1. The van der Waals surface area contributed by atoms with Crippen LogP contribution in [0.4, 0.5) is 4.39 Å². The van der Waals surface area contributed by atoms with Crippen molar-refractivity contribution in [3.05, 3.63) is 23.5 Å². The molecule has 0 aromatic heterocycles. The maximum absolute atomic E-state index is 14.3. The Bertz CT molecular complexity index is 592. The Morgan fingerprint density at radius 2 is 1.83 bits per heavy atom. The molecule has 1 aliphatic heterocycles. The van der Waals surface area contributed by atoms with Gasteiger partial charge in [-0.25, -0.2) is 4.39 Å². The number of hydrogen-bond donors (Lipinski definition) is 0. The first-order valence-corrected chi connectivity index (χ1v) is 8.30. The summed E-state index contributed by atoms with van der Waals surface area (Å²) in [5, 5.41) is 0. The monoisotopic (exact) mass is 338 g/mol. The first-order chi connectivity index (χ1) is 11.4. The molecule has 0 unspecified atom stereocenters. The van der Waals surface area contributed by atoms with E-state index >= 15 is 0 Å². The number of nitrogens with zero attached hydrogens (tertiary/aromatic N) is 2. The van der Waals surface area contributed by atoms with E-state index in [1.165, 1.54) is 20.3 Å². The van der Waals surface area contributed by atoms with Crippen LogP contribution in [0.25, 0.3) is 0 Å². The summed E-state index contributed by atoms with van der Waals surface area (Å²) in [6.07, 6.45) is 0. The van der Waals surface area contributed by atoms with Crippen LogP contribution in [0.15, 0.2) is 12.1 Å². The van der Waals surface area contributed by atoms with Gasteiger partial charge in [0.1, 0.15) is 5.82 Å². The number of carbonyl (C=O) groups excluding carboxylic acids is 1. The van der Waals surface area contributed by atoms with Gasteiger partial charge in [-0.3, -0.25) is 9.69 Å². The lowest BCUT2D eigenvalue weighted by Gasteiger charge is -2.39. The van der Waals surface area contributed by atoms with E-state index in [1.54, 1.807) is 6.07 Å². The first-order valence-electron chi connectivity index (χ1n) is 8.30. The maximum Gasteiger partial charge on any atom is 0.239 e. The van der Waals surface area contributed by atoms with E-state index in [1.807, 2.05) is 16.7 Å². The van der Waals surface area contributed by atoms with Gasteiger partial charge < -0.3 is 14.4 Å². The molecule has 5 nitrogen and oxygen atoms in total. The Labute approximate surface area is 143 Å². The zero-order chi connectivity index (χ0) is 17.9. The van der Waals surface area contributed by atoms with Gasteiger partial charge in [-0.1, -0.05) is 13.8 Å². The third kappa shape index (κ3) is 3.98. The predicted molar refractivity (Wildman–Crippen MR) is 90.8 cm³/mol. The van der Waals surface area contributed by atoms with Crippen LogP contribution in [0, 0.1) is 11.7 Å². The Morgan fingerprint density at radius 1 is 1.21 bits per heavy atom. The van der Waals surface area contributed by atoms with Crippen molar-refractivity contribution in [3.8, 4) is 11.5 Å². The minimum absolute atomic E-state index is 0.107. The van der Waals surface area contributed by atoms with E-state index in [2.05, 4.69) is 13.8 Å². The van der Waals surface area contributed by atoms with Crippen molar-refractivity contribution in [2.45, 2.75) is 33.4 Å². The summed E-state index contributed by atoms with van der Waals surface area (Å²) >= 11 is 0. The number of halogens is 1. The van der Waals surface area contributed by atoms with Crippen LogP contribution in [0.1, 0.15) is 26.3 Å². The Balaban J connectivity index is 2.13. The molecular formula is C18H27FN2O3. The van der Waals surface area contributed by atoms with Crippen LogP contribution < -0.4 is 9.47 Å². The molecule has 6 heteroatoms. The zero-order valence-corrected chi connectivity index (χ0v) is 15.1. The van der Waals surface area contributed by atoms with Crippen molar-refractivity contribution < 1.29 is 18.7 Å². The number of piperazine rings is 1. The van der Waals surface area contributed by atoms with Gasteiger partial charge in [-0.05, 0) is 18.9 Å². The molecule has 1 heterocycles. The molecule has 0 radical (unpaired) electrons. The zero-order valence-electron chi connectivity index (χ0n) is 15.1. The number of carbonyl (C=O) groups is 1. The molecule has 1 aromatic carbocycles. The van der Waals surface area contributed by atoms with E-state index in [-0.39, 0.29) is 17.8 Å². The van der Waals surface area contributed by atoms with E-state index in [0.29, 0.717) is 36.1 Å². The second-order valence-electron chi connectivity index (χ2n) is 6.62. The summed E-state index contributed by atoms with van der Waals surface area (Å²) in [5.74, 6) is 1.06. The highest BCUT2D eigenvalue weighted by atomic mass is 19.1. The van der Waals surface area contributed by atoms with Crippen LogP contribution >= 0.6 is 0 Å². The molecule has 1 saturated heterocycles. The number of rotatable bonds is 6. The van der Waals surface area contributed by atoms with Gasteiger partial charge in [0, 0.05) is 37.8 Å². The standard InChI is InChI=1S/C18H27FN2O3/c1-12(2)10-21-7-6-20(13(3)18(21)22)11-14-8-16(23-4)17(24-5)9-15(14)19/h8-9,12-13H,6-7,10-11H2,1-5H3/t13-/m1/s1. The maximum atomic E-state index is 14.3. The highest BCUT2D eigenvalue weighted by molar-refractivity contribution is 5.82. The second-order valence-corrected chi connectivity index (χ2v) is 6.62. The SMILES string of the molecule is COc1cc(F)c(CN2CCN(CC(C)C)C(=O)[C@H]2C)cc1OC. The lowest BCUT2D eigenvalue weighted by molar-refractivity contribution is -0.141. The van der Waals surface area contributed by atoms with Gasteiger partial charge in [0.25, 0.3) is 0 Å². The summed E-state index contributed by atoms with van der Waals surface area (Å²) in [7, 11) is 3.00. The summed E-state index contributed by atoms with van der Waals surface area (Å²) in [5.41, 5.74) is 0.504. The van der Waals surface area contributed by atoms with E-state index in [9.17, 15) is 9.18 Å². The Morgan fingerprint density at radius 3 is 2.42 bits per heavy atom. The third-order valence-corrected chi connectivity index (χ3v) is 4.39. The number of hydrogen-bond acceptors (Lipinski definition) is 4. The fourth-order valence-electron chi connectivity index (χ4n) is 3.05. The molecule has 0 saturated carbocycles. The summed E-state index contributed by atoms with van der Waals surface area (Å²) in [6.45, 7) is 8.63. The number of methoxy groups -OCH3 is 2. The molecule has 0 aliphatic carbocycles. The van der Waals surface area contributed by atoms with Crippen molar-refractivity contribution in [2.24, 2.45) is 5.92 Å². The van der Waals surface area contributed by atoms with Crippen molar-refractivity contribution in [1.82, 2.24) is 9.80 Å². The highest BCUT2D eigenvalue weighted by Gasteiger charge is 2.32. The number of benzene rings is 1. The first kappa shape index (κ1) is 18.5. The Kier molecular flexibility index (Phi) is 6.04. The van der Waals surface area contributed by atoms with Crippen LogP contribution in [0.3, 0.4) is 0 Å². The van der Waals surface area contributed by atoms with Crippen LogP contribution in [0.2, 0.25) is 0 Å². The van der Waals surface area contributed by atoms with E-state index < -0.39 is 0 Å². The fourth-order valence-corrected chi connectivity index (χ4v) is 3.05. The van der Waals surface area contributed by atoms with Gasteiger partial charge in [0.05, 0.1) is 20.3 Å². The van der Waals surface area contributed by atoms with Gasteiger partial charge in [0.2, 0.25) is 5.91 Å². The molecule has 1 fully saturated rings. The molecule has 0 spiro atoms. The molecule has 1 aromatic rings. The minimum atomic E-state index is -0.350. The smallest absolute Gasteiger partial charge is 0.239 e. The van der Waals surface area contributed by atoms with Crippen molar-refractivity contribution in [1.29, 1.82) is 0 Å². The molecule has 24 heavy (non-hydrogen) atoms. The van der Waals surface area contributed by atoms with Crippen LogP contribution in [-0.2, 0) is 11.3 Å². The normalized spacial score (nSPS) is 19.0. The topological polar surface area (TPSA) is 42.0 Å². The fraction of sp³-hybridized carbons (Fsp3) is 0.611. The van der Waals surface area contributed by atoms with Gasteiger partial charge in [0.15, 0.2) is 11.5 Å². The second kappa shape index (κ2) is 7.83. The molecule has 134 valence electrons. The van der Waals surface area contributed by atoms with E-state index in [0.717, 1.165) is 13.1 Å². The summed E-state index contributed by atoms with van der Waals surface area (Å²) in [4.78, 5) is 16.4. The predicted octanol–water partition coefficient (Wildman–Crippen LogP) is 2.53. The number of ether oxygens (including phenoxy) is 2. The van der Waals surface area contributed by atoms with Gasteiger partial charge >= 0.3 is 0 Å². The molecule has 1 amide bonds.